The molecule has 0 radical (unpaired) electrons. The highest BCUT2D eigenvalue weighted by atomic mass is 16.5. The standard InChI is InChI=1S/C22H29NO3/c1-2-14-26-20-10-8-19(9-11-20)22(24)21(18-6-4-3-5-7-18)17-23-12-15-25-16-13-23/h3-11,21-22,24H,2,12-17H2,1H3/t21-,22-/m0/s1. The van der Waals surface area contributed by atoms with Crippen LogP contribution in [0.1, 0.15) is 36.5 Å². The molecule has 0 amide bonds. The summed E-state index contributed by atoms with van der Waals surface area (Å²) in [6.45, 7) is 6.99. The van der Waals surface area contributed by atoms with Gasteiger partial charge in [-0.1, -0.05) is 49.4 Å². The van der Waals surface area contributed by atoms with Gasteiger partial charge in [-0.2, -0.15) is 0 Å². The van der Waals surface area contributed by atoms with E-state index in [9.17, 15) is 5.11 Å². The van der Waals surface area contributed by atoms with Gasteiger partial charge >= 0.3 is 0 Å². The highest BCUT2D eigenvalue weighted by Crippen LogP contribution is 2.32. The van der Waals surface area contributed by atoms with E-state index in [0.29, 0.717) is 6.61 Å². The average molecular weight is 355 g/mol. The monoisotopic (exact) mass is 355 g/mol. The fourth-order valence-electron chi connectivity index (χ4n) is 3.36. The number of aliphatic hydroxyl groups is 1. The molecule has 0 saturated carbocycles. The molecule has 2 aromatic carbocycles. The molecule has 0 spiro atoms. The number of morpholine rings is 1. The lowest BCUT2D eigenvalue weighted by Crippen LogP contribution is -2.39. The highest BCUT2D eigenvalue weighted by Gasteiger charge is 2.26. The molecule has 1 fully saturated rings. The molecule has 26 heavy (non-hydrogen) atoms. The number of rotatable bonds is 8. The molecule has 0 aromatic heterocycles. The quantitative estimate of drug-likeness (QED) is 0.785. The van der Waals surface area contributed by atoms with E-state index in [0.717, 1.165) is 56.1 Å². The van der Waals surface area contributed by atoms with Crippen LogP contribution in [0.2, 0.25) is 0 Å². The third kappa shape index (κ3) is 5.07. The van der Waals surface area contributed by atoms with Crippen molar-refractivity contribution >= 4 is 0 Å². The molecule has 2 aromatic rings. The lowest BCUT2D eigenvalue weighted by atomic mass is 9.88. The largest absolute Gasteiger partial charge is 0.494 e. The highest BCUT2D eigenvalue weighted by molar-refractivity contribution is 5.32. The van der Waals surface area contributed by atoms with Gasteiger partial charge in [0, 0.05) is 25.6 Å². The Kier molecular flexibility index (Phi) is 7.06. The minimum absolute atomic E-state index is 0.0247. The number of nitrogens with zero attached hydrogens (tertiary/aromatic N) is 1. The summed E-state index contributed by atoms with van der Waals surface area (Å²) >= 11 is 0. The van der Waals surface area contributed by atoms with E-state index in [1.54, 1.807) is 0 Å². The van der Waals surface area contributed by atoms with Crippen molar-refractivity contribution in [1.29, 1.82) is 0 Å². The summed E-state index contributed by atoms with van der Waals surface area (Å²) in [6.07, 6.45) is 0.431. The summed E-state index contributed by atoms with van der Waals surface area (Å²) in [7, 11) is 0. The molecule has 1 saturated heterocycles. The Balaban J connectivity index is 1.76. The van der Waals surface area contributed by atoms with Crippen molar-refractivity contribution in [3.8, 4) is 5.75 Å². The maximum Gasteiger partial charge on any atom is 0.119 e. The maximum absolute atomic E-state index is 11.1. The van der Waals surface area contributed by atoms with Crippen LogP contribution in [0, 0.1) is 0 Å². The molecule has 1 heterocycles. The zero-order chi connectivity index (χ0) is 18.2. The first-order valence-electron chi connectivity index (χ1n) is 9.54. The predicted molar refractivity (Wildman–Crippen MR) is 104 cm³/mol. The van der Waals surface area contributed by atoms with Gasteiger partial charge in [0.2, 0.25) is 0 Å². The van der Waals surface area contributed by atoms with Crippen LogP contribution in [0.4, 0.5) is 0 Å². The van der Waals surface area contributed by atoms with Crippen molar-refractivity contribution in [1.82, 2.24) is 4.90 Å². The molecule has 1 aliphatic rings. The fourth-order valence-corrected chi connectivity index (χ4v) is 3.36. The van der Waals surface area contributed by atoms with Crippen molar-refractivity contribution < 1.29 is 14.6 Å². The molecular weight excluding hydrogens is 326 g/mol. The van der Waals surface area contributed by atoms with Gasteiger partial charge < -0.3 is 14.6 Å². The van der Waals surface area contributed by atoms with Crippen LogP contribution in [0.25, 0.3) is 0 Å². The predicted octanol–water partition coefficient (Wildman–Crippen LogP) is 3.62. The fraction of sp³-hybridized carbons (Fsp3) is 0.455. The van der Waals surface area contributed by atoms with Gasteiger partial charge in [-0.25, -0.2) is 0 Å². The summed E-state index contributed by atoms with van der Waals surface area (Å²) < 4.78 is 11.1. The first-order chi connectivity index (χ1) is 12.8. The average Bonchev–Trinajstić information content (AvgIpc) is 2.72. The van der Waals surface area contributed by atoms with Crippen LogP contribution >= 0.6 is 0 Å². The van der Waals surface area contributed by atoms with Crippen LogP contribution in [0.15, 0.2) is 54.6 Å². The summed E-state index contributed by atoms with van der Waals surface area (Å²) in [4.78, 5) is 2.38. The molecule has 0 aliphatic carbocycles. The number of benzene rings is 2. The molecule has 0 unspecified atom stereocenters. The van der Waals surface area contributed by atoms with Gasteiger partial charge in [-0.05, 0) is 29.7 Å². The molecule has 140 valence electrons. The van der Waals surface area contributed by atoms with Crippen molar-refractivity contribution in [3.05, 3.63) is 65.7 Å². The van der Waals surface area contributed by atoms with E-state index in [4.69, 9.17) is 9.47 Å². The van der Waals surface area contributed by atoms with E-state index in [1.807, 2.05) is 42.5 Å². The molecule has 1 aliphatic heterocycles. The zero-order valence-corrected chi connectivity index (χ0v) is 15.5. The van der Waals surface area contributed by atoms with Crippen LogP contribution in [0.5, 0.6) is 5.75 Å². The number of hydrogen-bond donors (Lipinski definition) is 1. The second-order valence-electron chi connectivity index (χ2n) is 6.79. The molecule has 3 rings (SSSR count). The van der Waals surface area contributed by atoms with Crippen molar-refractivity contribution in [2.24, 2.45) is 0 Å². The van der Waals surface area contributed by atoms with Gasteiger partial charge in [0.25, 0.3) is 0 Å². The Hall–Kier alpha value is -1.88. The normalized spacial score (nSPS) is 17.6. The van der Waals surface area contributed by atoms with Crippen LogP contribution in [-0.2, 0) is 4.74 Å². The van der Waals surface area contributed by atoms with Crippen LogP contribution in [0.3, 0.4) is 0 Å². The van der Waals surface area contributed by atoms with Gasteiger partial charge in [0.15, 0.2) is 0 Å². The summed E-state index contributed by atoms with van der Waals surface area (Å²) in [5.41, 5.74) is 2.09. The molecule has 0 bridgehead atoms. The Bertz CT molecular complexity index is 638. The van der Waals surface area contributed by atoms with Gasteiger partial charge in [-0.3, -0.25) is 4.90 Å². The van der Waals surface area contributed by atoms with Gasteiger partial charge in [-0.15, -0.1) is 0 Å². The smallest absolute Gasteiger partial charge is 0.119 e. The minimum atomic E-state index is -0.555. The number of ether oxygens (including phenoxy) is 2. The number of hydrogen-bond acceptors (Lipinski definition) is 4. The topological polar surface area (TPSA) is 41.9 Å². The third-order valence-electron chi connectivity index (χ3n) is 4.86. The molecule has 4 nitrogen and oxygen atoms in total. The van der Waals surface area contributed by atoms with E-state index < -0.39 is 6.10 Å². The van der Waals surface area contributed by atoms with Crippen molar-refractivity contribution in [2.75, 3.05) is 39.5 Å². The van der Waals surface area contributed by atoms with E-state index >= 15 is 0 Å². The lowest BCUT2D eigenvalue weighted by Gasteiger charge is -2.33. The first-order valence-corrected chi connectivity index (χ1v) is 9.54. The molecule has 1 N–H and O–H groups in total. The summed E-state index contributed by atoms with van der Waals surface area (Å²) in [6, 6.07) is 18.2. The third-order valence-corrected chi connectivity index (χ3v) is 4.86. The minimum Gasteiger partial charge on any atom is -0.494 e. The van der Waals surface area contributed by atoms with Crippen LogP contribution < -0.4 is 4.74 Å². The second-order valence-corrected chi connectivity index (χ2v) is 6.79. The lowest BCUT2D eigenvalue weighted by molar-refractivity contribution is 0.0240. The first kappa shape index (κ1) is 18.9. The Morgan fingerprint density at radius 1 is 1.00 bits per heavy atom. The Morgan fingerprint density at radius 2 is 1.69 bits per heavy atom. The Morgan fingerprint density at radius 3 is 2.35 bits per heavy atom. The van der Waals surface area contributed by atoms with E-state index in [-0.39, 0.29) is 5.92 Å². The maximum atomic E-state index is 11.1. The number of aliphatic hydroxyl groups excluding tert-OH is 1. The van der Waals surface area contributed by atoms with E-state index in [2.05, 4.69) is 24.0 Å². The summed E-state index contributed by atoms with van der Waals surface area (Å²) in [5, 5.41) is 11.1. The second kappa shape index (κ2) is 9.72. The molecule has 2 atom stereocenters. The van der Waals surface area contributed by atoms with Gasteiger partial charge in [0.05, 0.1) is 25.9 Å². The van der Waals surface area contributed by atoms with E-state index in [1.165, 1.54) is 0 Å². The zero-order valence-electron chi connectivity index (χ0n) is 15.5. The SMILES string of the molecule is CCCOc1ccc([C@H](O)[C@@H](CN2CCOCC2)c2ccccc2)cc1. The molecule has 4 heteroatoms. The van der Waals surface area contributed by atoms with Crippen molar-refractivity contribution in [3.63, 3.8) is 0 Å². The Labute approximate surface area is 156 Å². The molecular formula is C22H29NO3. The van der Waals surface area contributed by atoms with Gasteiger partial charge in [0.1, 0.15) is 5.75 Å². The van der Waals surface area contributed by atoms with Crippen LogP contribution in [-0.4, -0.2) is 49.5 Å². The summed E-state index contributed by atoms with van der Waals surface area (Å²) in [5.74, 6) is 0.879. The van der Waals surface area contributed by atoms with Crippen molar-refractivity contribution in [2.45, 2.75) is 25.4 Å².